The Morgan fingerprint density at radius 3 is 2.64 bits per heavy atom. The van der Waals surface area contributed by atoms with Crippen molar-refractivity contribution in [2.75, 3.05) is 6.54 Å². The fourth-order valence-electron chi connectivity index (χ4n) is 2.91. The number of carbonyl (C=O) groups excluding carboxylic acids is 2. The Kier molecular flexibility index (Phi) is 5.62. The Labute approximate surface area is 140 Å². The summed E-state index contributed by atoms with van der Waals surface area (Å²) in [7, 11) is 0. The second-order valence-electron chi connectivity index (χ2n) is 5.78. The van der Waals surface area contributed by atoms with Crippen LogP contribution >= 0.6 is 15.9 Å². The molecule has 1 aromatic rings. The highest BCUT2D eigenvalue weighted by molar-refractivity contribution is 9.10. The van der Waals surface area contributed by atoms with E-state index < -0.39 is 5.60 Å². The van der Waals surface area contributed by atoms with Gasteiger partial charge in [-0.2, -0.15) is 0 Å². The number of cyclic esters (lactones) is 1. The molecule has 4 nitrogen and oxygen atoms in total. The van der Waals surface area contributed by atoms with Crippen molar-refractivity contribution in [3.05, 3.63) is 34.3 Å². The zero-order chi connectivity index (χ0) is 16.2. The van der Waals surface area contributed by atoms with Gasteiger partial charge in [0.05, 0.1) is 6.04 Å². The summed E-state index contributed by atoms with van der Waals surface area (Å²) in [6.07, 6.45) is 3.16. The normalized spacial score (nSPS) is 23.0. The molecule has 1 saturated heterocycles. The van der Waals surface area contributed by atoms with Gasteiger partial charge >= 0.3 is 6.09 Å². The van der Waals surface area contributed by atoms with Crippen molar-refractivity contribution >= 4 is 28.3 Å². The van der Waals surface area contributed by atoms with Crippen molar-refractivity contribution in [3.8, 4) is 0 Å². The van der Waals surface area contributed by atoms with Crippen LogP contribution in [0.25, 0.3) is 0 Å². The van der Waals surface area contributed by atoms with Gasteiger partial charge in [0, 0.05) is 23.9 Å². The fourth-order valence-corrected chi connectivity index (χ4v) is 3.17. The monoisotopic (exact) mass is 367 g/mol. The molecule has 1 aliphatic rings. The van der Waals surface area contributed by atoms with E-state index in [0.29, 0.717) is 19.4 Å². The van der Waals surface area contributed by atoms with Gasteiger partial charge in [-0.15, -0.1) is 0 Å². The Morgan fingerprint density at radius 1 is 1.41 bits per heavy atom. The van der Waals surface area contributed by atoms with Crippen LogP contribution in [-0.4, -0.2) is 29.4 Å². The lowest BCUT2D eigenvalue weighted by molar-refractivity contribution is -0.110. The highest BCUT2D eigenvalue weighted by Gasteiger charge is 2.40. The second-order valence-corrected chi connectivity index (χ2v) is 6.70. The standard InChI is InChI=1S/C17H22BrNO3/c1-3-17(9-4-12-20)10-11-19(16(21)22-17)13(2)14-5-7-15(18)8-6-14/h5-8,12-13H,3-4,9-11H2,1-2H3. The highest BCUT2D eigenvalue weighted by atomic mass is 79.9. The lowest BCUT2D eigenvalue weighted by Gasteiger charge is -2.42. The maximum Gasteiger partial charge on any atom is 0.410 e. The predicted octanol–water partition coefficient (Wildman–Crippen LogP) is 4.48. The summed E-state index contributed by atoms with van der Waals surface area (Å²) < 4.78 is 6.74. The van der Waals surface area contributed by atoms with Crippen molar-refractivity contribution in [1.29, 1.82) is 0 Å². The van der Waals surface area contributed by atoms with Gasteiger partial charge in [0.25, 0.3) is 0 Å². The van der Waals surface area contributed by atoms with Crippen LogP contribution in [0.15, 0.2) is 28.7 Å². The van der Waals surface area contributed by atoms with E-state index in [2.05, 4.69) is 15.9 Å². The van der Waals surface area contributed by atoms with Crippen LogP contribution in [0.4, 0.5) is 4.79 Å². The molecular formula is C17H22BrNO3. The van der Waals surface area contributed by atoms with Gasteiger partial charge in [-0.05, 0) is 37.5 Å². The largest absolute Gasteiger partial charge is 0.443 e. The van der Waals surface area contributed by atoms with Crippen LogP contribution in [0.1, 0.15) is 51.1 Å². The minimum atomic E-state index is -0.478. The number of hydrogen-bond donors (Lipinski definition) is 0. The molecule has 2 rings (SSSR count). The number of benzene rings is 1. The topological polar surface area (TPSA) is 46.6 Å². The molecule has 1 aromatic carbocycles. The van der Waals surface area contributed by atoms with Crippen LogP contribution in [-0.2, 0) is 9.53 Å². The summed E-state index contributed by atoms with van der Waals surface area (Å²) in [4.78, 5) is 24.8. The van der Waals surface area contributed by atoms with E-state index in [9.17, 15) is 9.59 Å². The number of halogens is 1. The van der Waals surface area contributed by atoms with E-state index in [0.717, 1.165) is 29.2 Å². The first-order valence-electron chi connectivity index (χ1n) is 7.70. The van der Waals surface area contributed by atoms with E-state index >= 15 is 0 Å². The molecule has 1 fully saturated rings. The fraction of sp³-hybridized carbons (Fsp3) is 0.529. The third-order valence-electron chi connectivity index (χ3n) is 4.53. The molecule has 120 valence electrons. The lowest BCUT2D eigenvalue weighted by atomic mass is 9.89. The first kappa shape index (κ1) is 17.0. The van der Waals surface area contributed by atoms with E-state index in [1.807, 2.05) is 38.1 Å². The van der Waals surface area contributed by atoms with E-state index in [1.165, 1.54) is 0 Å². The zero-order valence-corrected chi connectivity index (χ0v) is 14.6. The van der Waals surface area contributed by atoms with Crippen molar-refractivity contribution < 1.29 is 14.3 Å². The number of nitrogens with zero attached hydrogens (tertiary/aromatic N) is 1. The van der Waals surface area contributed by atoms with E-state index in [4.69, 9.17) is 4.74 Å². The maximum absolute atomic E-state index is 12.4. The quantitative estimate of drug-likeness (QED) is 0.696. The molecular weight excluding hydrogens is 346 g/mol. The number of amides is 1. The Bertz CT molecular complexity index is 531. The summed E-state index contributed by atoms with van der Waals surface area (Å²) in [6, 6.07) is 7.94. The summed E-state index contributed by atoms with van der Waals surface area (Å²) in [6.45, 7) is 4.67. The van der Waals surface area contributed by atoms with Crippen LogP contribution in [0, 0.1) is 0 Å². The number of rotatable bonds is 6. The number of ether oxygens (including phenoxy) is 1. The lowest BCUT2D eigenvalue weighted by Crippen LogP contribution is -2.50. The average Bonchev–Trinajstić information content (AvgIpc) is 2.53. The Hall–Kier alpha value is -1.36. The molecule has 2 atom stereocenters. The smallest absolute Gasteiger partial charge is 0.410 e. The molecule has 22 heavy (non-hydrogen) atoms. The molecule has 1 aliphatic heterocycles. The predicted molar refractivity (Wildman–Crippen MR) is 88.7 cm³/mol. The molecule has 0 aliphatic carbocycles. The SMILES string of the molecule is CCC1(CCC=O)CCN(C(C)c2ccc(Br)cc2)C(=O)O1. The third-order valence-corrected chi connectivity index (χ3v) is 5.06. The average molecular weight is 368 g/mol. The summed E-state index contributed by atoms with van der Waals surface area (Å²) in [5, 5.41) is 0. The minimum Gasteiger partial charge on any atom is -0.443 e. The Morgan fingerprint density at radius 2 is 2.09 bits per heavy atom. The van der Waals surface area contributed by atoms with E-state index in [1.54, 1.807) is 4.90 Å². The molecule has 0 radical (unpaired) electrons. The van der Waals surface area contributed by atoms with Crippen molar-refractivity contribution in [3.63, 3.8) is 0 Å². The molecule has 0 aromatic heterocycles. The number of hydrogen-bond acceptors (Lipinski definition) is 3. The minimum absolute atomic E-state index is 0.0264. The molecule has 0 saturated carbocycles. The molecule has 1 amide bonds. The third kappa shape index (κ3) is 3.69. The Balaban J connectivity index is 2.07. The first-order chi connectivity index (χ1) is 10.5. The molecule has 2 unspecified atom stereocenters. The van der Waals surface area contributed by atoms with Gasteiger partial charge in [-0.1, -0.05) is 35.0 Å². The number of carbonyl (C=O) groups is 2. The van der Waals surface area contributed by atoms with Crippen LogP contribution in [0.2, 0.25) is 0 Å². The molecule has 0 spiro atoms. The second kappa shape index (κ2) is 7.27. The summed E-state index contributed by atoms with van der Waals surface area (Å²) >= 11 is 3.42. The zero-order valence-electron chi connectivity index (χ0n) is 13.0. The van der Waals surface area contributed by atoms with Crippen LogP contribution in [0.3, 0.4) is 0 Å². The first-order valence-corrected chi connectivity index (χ1v) is 8.49. The summed E-state index contributed by atoms with van der Waals surface area (Å²) in [5.74, 6) is 0. The van der Waals surface area contributed by atoms with Gasteiger partial charge in [-0.25, -0.2) is 4.79 Å². The molecule has 0 bridgehead atoms. The van der Waals surface area contributed by atoms with Crippen molar-refractivity contribution in [2.24, 2.45) is 0 Å². The molecule has 5 heteroatoms. The summed E-state index contributed by atoms with van der Waals surface area (Å²) in [5.41, 5.74) is 0.602. The van der Waals surface area contributed by atoms with Gasteiger partial charge in [0.2, 0.25) is 0 Å². The van der Waals surface area contributed by atoms with Gasteiger partial charge in [-0.3, -0.25) is 0 Å². The maximum atomic E-state index is 12.4. The van der Waals surface area contributed by atoms with Gasteiger partial charge < -0.3 is 14.4 Å². The van der Waals surface area contributed by atoms with E-state index in [-0.39, 0.29) is 12.1 Å². The number of aldehydes is 1. The molecule has 1 heterocycles. The van der Waals surface area contributed by atoms with Gasteiger partial charge in [0.1, 0.15) is 11.9 Å². The van der Waals surface area contributed by atoms with Crippen molar-refractivity contribution in [2.45, 2.75) is 51.2 Å². The highest BCUT2D eigenvalue weighted by Crippen LogP contribution is 2.34. The molecule has 0 N–H and O–H groups in total. The van der Waals surface area contributed by atoms with Crippen molar-refractivity contribution in [1.82, 2.24) is 4.90 Å². The van der Waals surface area contributed by atoms with Crippen LogP contribution < -0.4 is 0 Å². The van der Waals surface area contributed by atoms with Crippen LogP contribution in [0.5, 0.6) is 0 Å². The van der Waals surface area contributed by atoms with Gasteiger partial charge in [0.15, 0.2) is 0 Å².